The second kappa shape index (κ2) is 2.34. The smallest absolute Gasteiger partial charge is 0.135 e. The Morgan fingerprint density at radius 2 is 1.83 bits per heavy atom. The molecule has 2 rings (SSSR count). The standard InChI is InChI=1S/C11H18O/c1-3-10-4-6-11(8-10,7-5-10)9(2)12/h3-8H2,1-2H3. The van der Waals surface area contributed by atoms with Crippen molar-refractivity contribution in [2.24, 2.45) is 10.8 Å². The van der Waals surface area contributed by atoms with Gasteiger partial charge in [0.2, 0.25) is 0 Å². The van der Waals surface area contributed by atoms with Crippen LogP contribution in [0.1, 0.15) is 52.4 Å². The first-order chi connectivity index (χ1) is 5.63. The van der Waals surface area contributed by atoms with Crippen LogP contribution in [0.25, 0.3) is 0 Å². The molecule has 0 spiro atoms. The molecule has 0 heterocycles. The molecule has 0 unspecified atom stereocenters. The number of carbonyl (C=O) groups is 1. The second-order valence-electron chi connectivity index (χ2n) is 4.87. The summed E-state index contributed by atoms with van der Waals surface area (Å²) in [6.45, 7) is 4.07. The van der Waals surface area contributed by atoms with Gasteiger partial charge in [0.25, 0.3) is 0 Å². The molecule has 2 bridgehead atoms. The summed E-state index contributed by atoms with van der Waals surface area (Å²) in [6, 6.07) is 0. The third kappa shape index (κ3) is 0.884. The third-order valence-electron chi connectivity index (χ3n) is 4.48. The van der Waals surface area contributed by atoms with Gasteiger partial charge in [0.1, 0.15) is 5.78 Å². The molecule has 1 nitrogen and oxygen atoms in total. The molecular formula is C11H18O. The zero-order valence-electron chi connectivity index (χ0n) is 8.15. The minimum atomic E-state index is 0.135. The lowest BCUT2D eigenvalue weighted by Gasteiger charge is -2.25. The van der Waals surface area contributed by atoms with Crippen molar-refractivity contribution in [1.29, 1.82) is 0 Å². The molecule has 0 N–H and O–H groups in total. The van der Waals surface area contributed by atoms with E-state index >= 15 is 0 Å². The Bertz CT molecular complexity index is 209. The molecule has 0 atom stereocenters. The van der Waals surface area contributed by atoms with Crippen LogP contribution in [0.4, 0.5) is 0 Å². The molecule has 0 amide bonds. The van der Waals surface area contributed by atoms with Gasteiger partial charge < -0.3 is 0 Å². The Kier molecular flexibility index (Phi) is 1.61. The van der Waals surface area contributed by atoms with Gasteiger partial charge in [0.05, 0.1) is 0 Å². The van der Waals surface area contributed by atoms with Gasteiger partial charge in [-0.2, -0.15) is 0 Å². The monoisotopic (exact) mass is 166 g/mol. The van der Waals surface area contributed by atoms with Crippen LogP contribution in [0.5, 0.6) is 0 Å². The Morgan fingerprint density at radius 3 is 2.08 bits per heavy atom. The molecule has 2 saturated carbocycles. The van der Waals surface area contributed by atoms with Crippen molar-refractivity contribution < 1.29 is 4.79 Å². The first-order valence-corrected chi connectivity index (χ1v) is 5.14. The number of hydrogen-bond donors (Lipinski definition) is 0. The fraction of sp³-hybridized carbons (Fsp3) is 0.909. The minimum Gasteiger partial charge on any atom is -0.299 e. The van der Waals surface area contributed by atoms with Crippen molar-refractivity contribution >= 4 is 5.78 Å². The van der Waals surface area contributed by atoms with Crippen LogP contribution in [0.15, 0.2) is 0 Å². The van der Waals surface area contributed by atoms with Gasteiger partial charge in [-0.1, -0.05) is 13.3 Å². The van der Waals surface area contributed by atoms with Crippen LogP contribution in [0.2, 0.25) is 0 Å². The number of carbonyl (C=O) groups excluding carboxylic acids is 1. The largest absolute Gasteiger partial charge is 0.299 e. The van der Waals surface area contributed by atoms with E-state index in [9.17, 15) is 4.79 Å². The van der Waals surface area contributed by atoms with Gasteiger partial charge in [0, 0.05) is 5.41 Å². The summed E-state index contributed by atoms with van der Waals surface area (Å²) in [6.07, 6.45) is 7.45. The van der Waals surface area contributed by atoms with Crippen LogP contribution < -0.4 is 0 Å². The molecule has 68 valence electrons. The minimum absolute atomic E-state index is 0.135. The summed E-state index contributed by atoms with van der Waals surface area (Å²) in [5, 5.41) is 0. The van der Waals surface area contributed by atoms with E-state index in [2.05, 4.69) is 6.92 Å². The average Bonchev–Trinajstić information content (AvgIpc) is 2.61. The Labute approximate surface area is 74.5 Å². The van der Waals surface area contributed by atoms with Crippen molar-refractivity contribution in [2.75, 3.05) is 0 Å². The summed E-state index contributed by atoms with van der Waals surface area (Å²) in [7, 11) is 0. The van der Waals surface area contributed by atoms with Crippen LogP contribution in [-0.2, 0) is 4.79 Å². The van der Waals surface area contributed by atoms with E-state index in [1.165, 1.54) is 38.5 Å². The summed E-state index contributed by atoms with van der Waals surface area (Å²) >= 11 is 0. The molecule has 1 heteroatoms. The maximum atomic E-state index is 11.5. The SMILES string of the molecule is CCC12CCC(C(C)=O)(CC1)C2. The normalized spacial score (nSPS) is 45.2. The maximum Gasteiger partial charge on any atom is 0.135 e. The van der Waals surface area contributed by atoms with Crippen LogP contribution in [0.3, 0.4) is 0 Å². The molecule has 0 saturated heterocycles. The Morgan fingerprint density at radius 1 is 1.25 bits per heavy atom. The fourth-order valence-electron chi connectivity index (χ4n) is 3.29. The molecule has 2 aliphatic rings. The van der Waals surface area contributed by atoms with E-state index < -0.39 is 0 Å². The van der Waals surface area contributed by atoms with Gasteiger partial charge in [-0.3, -0.25) is 4.79 Å². The van der Waals surface area contributed by atoms with E-state index in [1.807, 2.05) is 0 Å². The zero-order valence-corrected chi connectivity index (χ0v) is 8.15. The topological polar surface area (TPSA) is 17.1 Å². The first-order valence-electron chi connectivity index (χ1n) is 5.14. The average molecular weight is 166 g/mol. The summed E-state index contributed by atoms with van der Waals surface area (Å²) in [5.41, 5.74) is 0.710. The van der Waals surface area contributed by atoms with Crippen molar-refractivity contribution in [3.63, 3.8) is 0 Å². The van der Waals surface area contributed by atoms with Crippen molar-refractivity contribution in [1.82, 2.24) is 0 Å². The highest BCUT2D eigenvalue weighted by molar-refractivity contribution is 5.83. The van der Waals surface area contributed by atoms with E-state index in [0.29, 0.717) is 11.2 Å². The van der Waals surface area contributed by atoms with Crippen LogP contribution >= 0.6 is 0 Å². The van der Waals surface area contributed by atoms with Crippen molar-refractivity contribution in [3.05, 3.63) is 0 Å². The first kappa shape index (κ1) is 8.28. The highest BCUT2D eigenvalue weighted by Gasteiger charge is 2.55. The molecular weight excluding hydrogens is 148 g/mol. The maximum absolute atomic E-state index is 11.5. The summed E-state index contributed by atoms with van der Waals surface area (Å²) < 4.78 is 0. The third-order valence-corrected chi connectivity index (χ3v) is 4.48. The van der Waals surface area contributed by atoms with E-state index in [1.54, 1.807) is 6.92 Å². The lowest BCUT2D eigenvalue weighted by atomic mass is 9.79. The predicted molar refractivity (Wildman–Crippen MR) is 48.9 cm³/mol. The molecule has 0 aromatic heterocycles. The molecule has 0 aromatic carbocycles. The lowest BCUT2D eigenvalue weighted by Crippen LogP contribution is -2.23. The number of rotatable bonds is 2. The van der Waals surface area contributed by atoms with Gasteiger partial charge >= 0.3 is 0 Å². The van der Waals surface area contributed by atoms with E-state index in [4.69, 9.17) is 0 Å². The number of Topliss-reactive ketones (excluding diaryl/α,β-unsaturated/α-hetero) is 1. The molecule has 2 aliphatic carbocycles. The lowest BCUT2D eigenvalue weighted by molar-refractivity contribution is -0.126. The van der Waals surface area contributed by atoms with Crippen LogP contribution in [-0.4, -0.2) is 5.78 Å². The number of fused-ring (bicyclic) bond motifs is 2. The predicted octanol–water partition coefficient (Wildman–Crippen LogP) is 2.94. The highest BCUT2D eigenvalue weighted by Crippen LogP contribution is 2.63. The molecule has 0 aliphatic heterocycles. The van der Waals surface area contributed by atoms with E-state index in [0.717, 1.165) is 0 Å². The van der Waals surface area contributed by atoms with Gasteiger partial charge in [-0.25, -0.2) is 0 Å². The van der Waals surface area contributed by atoms with Crippen LogP contribution in [0, 0.1) is 10.8 Å². The Hall–Kier alpha value is -0.330. The van der Waals surface area contributed by atoms with Gasteiger partial charge in [-0.15, -0.1) is 0 Å². The second-order valence-corrected chi connectivity index (χ2v) is 4.87. The molecule has 12 heavy (non-hydrogen) atoms. The Balaban J connectivity index is 2.23. The van der Waals surface area contributed by atoms with Crippen molar-refractivity contribution in [3.8, 4) is 0 Å². The van der Waals surface area contributed by atoms with Gasteiger partial charge in [0.15, 0.2) is 0 Å². The fourth-order valence-corrected chi connectivity index (χ4v) is 3.29. The summed E-state index contributed by atoms with van der Waals surface area (Å²) in [5.74, 6) is 0.454. The number of hydrogen-bond acceptors (Lipinski definition) is 1. The molecule has 0 aromatic rings. The molecule has 0 radical (unpaired) electrons. The van der Waals surface area contributed by atoms with Gasteiger partial charge in [-0.05, 0) is 44.4 Å². The zero-order chi connectivity index (χ0) is 8.82. The highest BCUT2D eigenvalue weighted by atomic mass is 16.1. The summed E-state index contributed by atoms with van der Waals surface area (Å²) in [4.78, 5) is 11.5. The molecule has 2 fully saturated rings. The van der Waals surface area contributed by atoms with Crippen molar-refractivity contribution in [2.45, 2.75) is 52.4 Å². The number of ketones is 1. The van der Waals surface area contributed by atoms with E-state index in [-0.39, 0.29) is 5.41 Å². The quantitative estimate of drug-likeness (QED) is 0.616.